The van der Waals surface area contributed by atoms with Crippen LogP contribution in [0.1, 0.15) is 5.56 Å². The van der Waals surface area contributed by atoms with E-state index < -0.39 is 0 Å². The van der Waals surface area contributed by atoms with Crippen molar-refractivity contribution in [3.63, 3.8) is 0 Å². The second kappa shape index (κ2) is 5.51. The van der Waals surface area contributed by atoms with Crippen molar-refractivity contribution in [3.05, 3.63) is 64.8 Å². The minimum Gasteiger partial charge on any atom is -0.396 e. The van der Waals surface area contributed by atoms with Gasteiger partial charge in [0.2, 0.25) is 0 Å². The van der Waals surface area contributed by atoms with Crippen molar-refractivity contribution in [2.24, 2.45) is 0 Å². The fourth-order valence-electron chi connectivity index (χ4n) is 2.23. The van der Waals surface area contributed by atoms with Crippen LogP contribution in [0.3, 0.4) is 0 Å². The Bertz CT molecular complexity index is 750. The number of nitrogens with zero attached hydrogens (tertiary/aromatic N) is 1. The molecule has 2 aromatic carbocycles. The summed E-state index contributed by atoms with van der Waals surface area (Å²) in [6.07, 6.45) is 1.74. The molecule has 0 radical (unpaired) electrons. The van der Waals surface area contributed by atoms with Crippen molar-refractivity contribution in [1.29, 1.82) is 0 Å². The topological polar surface area (TPSA) is 50.9 Å². The number of pyridine rings is 1. The van der Waals surface area contributed by atoms with Gasteiger partial charge < -0.3 is 11.1 Å². The fraction of sp³-hybridized carbons (Fsp3) is 0.0625. The Morgan fingerprint density at radius 2 is 1.90 bits per heavy atom. The lowest BCUT2D eigenvalue weighted by Crippen LogP contribution is -2.04. The molecule has 1 aromatic heterocycles. The molecular formula is C16H14BrN3. The van der Waals surface area contributed by atoms with Crippen LogP contribution in [0.25, 0.3) is 10.8 Å². The Kier molecular flexibility index (Phi) is 3.56. The summed E-state index contributed by atoms with van der Waals surface area (Å²) in [7, 11) is 0. The molecule has 0 aliphatic rings. The van der Waals surface area contributed by atoms with Gasteiger partial charge in [-0.3, -0.25) is 0 Å². The highest BCUT2D eigenvalue weighted by Gasteiger charge is 2.03. The zero-order valence-corrected chi connectivity index (χ0v) is 12.4. The molecule has 3 aromatic rings. The summed E-state index contributed by atoms with van der Waals surface area (Å²) < 4.78 is 0.880. The summed E-state index contributed by atoms with van der Waals surface area (Å²) in [5.74, 6) is 0.709. The van der Waals surface area contributed by atoms with Gasteiger partial charge in [0.15, 0.2) is 0 Å². The van der Waals surface area contributed by atoms with Crippen LogP contribution in [0, 0.1) is 0 Å². The van der Waals surface area contributed by atoms with Gasteiger partial charge in [0.1, 0.15) is 5.82 Å². The third-order valence-electron chi connectivity index (χ3n) is 3.21. The summed E-state index contributed by atoms with van der Waals surface area (Å²) in [4.78, 5) is 4.29. The number of fused-ring (bicyclic) bond motifs is 1. The van der Waals surface area contributed by atoms with Gasteiger partial charge in [-0.05, 0) is 38.3 Å². The molecule has 0 saturated heterocycles. The average molecular weight is 328 g/mol. The van der Waals surface area contributed by atoms with Crippen molar-refractivity contribution in [2.45, 2.75) is 6.54 Å². The molecule has 0 bridgehead atoms. The molecule has 0 fully saturated rings. The number of rotatable bonds is 3. The van der Waals surface area contributed by atoms with E-state index in [9.17, 15) is 0 Å². The molecule has 0 aliphatic heterocycles. The van der Waals surface area contributed by atoms with Crippen molar-refractivity contribution in [3.8, 4) is 0 Å². The Hall–Kier alpha value is -2.07. The van der Waals surface area contributed by atoms with Gasteiger partial charge in [-0.2, -0.15) is 0 Å². The Labute approximate surface area is 126 Å². The number of hydrogen-bond acceptors (Lipinski definition) is 3. The molecule has 3 rings (SSSR count). The first-order chi connectivity index (χ1) is 9.74. The first kappa shape index (κ1) is 12.9. The highest BCUT2D eigenvalue weighted by atomic mass is 79.9. The second-order valence-corrected chi connectivity index (χ2v) is 5.50. The molecule has 0 unspecified atom stereocenters. The minimum absolute atomic E-state index is 0.639. The summed E-state index contributed by atoms with van der Waals surface area (Å²) in [5, 5.41) is 5.78. The third kappa shape index (κ3) is 2.60. The van der Waals surface area contributed by atoms with Gasteiger partial charge in [-0.25, -0.2) is 4.98 Å². The van der Waals surface area contributed by atoms with Gasteiger partial charge in [0.05, 0.1) is 5.69 Å². The van der Waals surface area contributed by atoms with E-state index in [1.165, 1.54) is 16.3 Å². The number of nitrogens with two attached hydrogens (primary N) is 1. The molecule has 0 saturated carbocycles. The van der Waals surface area contributed by atoms with Gasteiger partial charge in [0, 0.05) is 17.2 Å². The van der Waals surface area contributed by atoms with Gasteiger partial charge in [-0.1, -0.05) is 42.5 Å². The van der Waals surface area contributed by atoms with Crippen LogP contribution >= 0.6 is 15.9 Å². The number of nitrogens with one attached hydrogen (secondary N) is 1. The van der Waals surface area contributed by atoms with E-state index in [0.29, 0.717) is 18.1 Å². The second-order valence-electron chi connectivity index (χ2n) is 4.58. The summed E-state index contributed by atoms with van der Waals surface area (Å²) >= 11 is 3.35. The summed E-state index contributed by atoms with van der Waals surface area (Å²) in [6, 6.07) is 16.5. The molecule has 3 N–H and O–H groups in total. The Morgan fingerprint density at radius 3 is 2.75 bits per heavy atom. The maximum absolute atomic E-state index is 5.94. The largest absolute Gasteiger partial charge is 0.396 e. The maximum Gasteiger partial charge on any atom is 0.149 e. The predicted molar refractivity (Wildman–Crippen MR) is 87.6 cm³/mol. The van der Waals surface area contributed by atoms with Gasteiger partial charge in [0.25, 0.3) is 0 Å². The van der Waals surface area contributed by atoms with E-state index >= 15 is 0 Å². The fourth-order valence-corrected chi connectivity index (χ4v) is 2.58. The van der Waals surface area contributed by atoms with E-state index in [2.05, 4.69) is 62.6 Å². The number of aromatic nitrogens is 1. The molecule has 1 heterocycles. The molecule has 0 spiro atoms. The van der Waals surface area contributed by atoms with Gasteiger partial charge >= 0.3 is 0 Å². The molecular weight excluding hydrogens is 314 g/mol. The SMILES string of the molecule is Nc1cc(Br)cnc1NCc1cccc2ccccc12. The minimum atomic E-state index is 0.639. The van der Waals surface area contributed by atoms with Crippen molar-refractivity contribution < 1.29 is 0 Å². The van der Waals surface area contributed by atoms with Crippen molar-refractivity contribution in [2.75, 3.05) is 11.1 Å². The van der Waals surface area contributed by atoms with E-state index in [0.717, 1.165) is 4.47 Å². The summed E-state index contributed by atoms with van der Waals surface area (Å²) in [5.41, 5.74) is 7.81. The van der Waals surface area contributed by atoms with E-state index in [-0.39, 0.29) is 0 Å². The number of halogens is 1. The van der Waals surface area contributed by atoms with E-state index in [4.69, 9.17) is 5.73 Å². The number of benzene rings is 2. The van der Waals surface area contributed by atoms with Crippen LogP contribution in [0.5, 0.6) is 0 Å². The predicted octanol–water partition coefficient (Wildman–Crippen LogP) is 4.19. The molecule has 3 nitrogen and oxygen atoms in total. The standard InChI is InChI=1S/C16H14BrN3/c17-13-8-15(18)16(20-10-13)19-9-12-6-3-5-11-4-1-2-7-14(11)12/h1-8,10H,9,18H2,(H,19,20). The Balaban J connectivity index is 1.87. The lowest BCUT2D eigenvalue weighted by Gasteiger charge is -2.10. The van der Waals surface area contributed by atoms with Crippen LogP contribution in [0.4, 0.5) is 11.5 Å². The molecule has 4 heteroatoms. The number of anilines is 2. The zero-order valence-electron chi connectivity index (χ0n) is 10.8. The zero-order chi connectivity index (χ0) is 13.9. The monoisotopic (exact) mass is 327 g/mol. The van der Waals surface area contributed by atoms with Crippen LogP contribution < -0.4 is 11.1 Å². The quantitative estimate of drug-likeness (QED) is 0.758. The van der Waals surface area contributed by atoms with Crippen molar-refractivity contribution in [1.82, 2.24) is 4.98 Å². The number of hydrogen-bond donors (Lipinski definition) is 2. The van der Waals surface area contributed by atoms with Crippen LogP contribution in [0.15, 0.2) is 59.2 Å². The molecule has 20 heavy (non-hydrogen) atoms. The lowest BCUT2D eigenvalue weighted by molar-refractivity contribution is 1.12. The maximum atomic E-state index is 5.94. The van der Waals surface area contributed by atoms with E-state index in [1.54, 1.807) is 6.20 Å². The first-order valence-corrected chi connectivity index (χ1v) is 7.15. The molecule has 100 valence electrons. The van der Waals surface area contributed by atoms with Crippen LogP contribution in [0.2, 0.25) is 0 Å². The van der Waals surface area contributed by atoms with Crippen LogP contribution in [-0.2, 0) is 6.54 Å². The highest BCUT2D eigenvalue weighted by Crippen LogP contribution is 2.22. The lowest BCUT2D eigenvalue weighted by atomic mass is 10.0. The summed E-state index contributed by atoms with van der Waals surface area (Å²) in [6.45, 7) is 0.695. The molecule has 0 aliphatic carbocycles. The highest BCUT2D eigenvalue weighted by molar-refractivity contribution is 9.10. The third-order valence-corrected chi connectivity index (χ3v) is 3.64. The van der Waals surface area contributed by atoms with Crippen molar-refractivity contribution >= 4 is 38.2 Å². The van der Waals surface area contributed by atoms with E-state index in [1.807, 2.05) is 12.1 Å². The van der Waals surface area contributed by atoms with Gasteiger partial charge in [-0.15, -0.1) is 0 Å². The molecule has 0 amide bonds. The van der Waals surface area contributed by atoms with Crippen LogP contribution in [-0.4, -0.2) is 4.98 Å². The Morgan fingerprint density at radius 1 is 1.10 bits per heavy atom. The number of nitrogen functional groups attached to an aromatic ring is 1. The normalized spacial score (nSPS) is 10.7. The molecule has 0 atom stereocenters. The average Bonchev–Trinajstić information content (AvgIpc) is 2.46. The first-order valence-electron chi connectivity index (χ1n) is 6.35. The smallest absolute Gasteiger partial charge is 0.149 e.